The quantitative estimate of drug-likeness (QED) is 0.729. The first-order valence-electron chi connectivity index (χ1n) is 4.94. The van der Waals surface area contributed by atoms with Gasteiger partial charge in [-0.2, -0.15) is 0 Å². The van der Waals surface area contributed by atoms with Crippen LogP contribution in [-0.4, -0.2) is 0 Å². The summed E-state index contributed by atoms with van der Waals surface area (Å²) in [6.07, 6.45) is 0. The van der Waals surface area contributed by atoms with Crippen molar-refractivity contribution in [1.29, 1.82) is 0 Å². The van der Waals surface area contributed by atoms with Gasteiger partial charge in [-0.3, -0.25) is 0 Å². The van der Waals surface area contributed by atoms with Crippen molar-refractivity contribution in [3.63, 3.8) is 0 Å². The molecule has 0 unspecified atom stereocenters. The molecule has 2 nitrogen and oxygen atoms in total. The van der Waals surface area contributed by atoms with E-state index in [2.05, 4.69) is 21.2 Å². The fourth-order valence-electron chi connectivity index (χ4n) is 1.41. The third kappa shape index (κ3) is 2.88. The normalized spacial score (nSPS) is 10.4. The summed E-state index contributed by atoms with van der Waals surface area (Å²) in [5.41, 5.74) is 7.13. The number of anilines is 3. The van der Waals surface area contributed by atoms with Crippen molar-refractivity contribution in [2.45, 2.75) is 0 Å². The fraction of sp³-hybridized carbons (Fsp3) is 0. The number of nitrogens with two attached hydrogens (primary N) is 1. The standard InChI is InChI=1S/C12H8BrCl2FN2/c13-6-1-2-11(8(15)3-6)18-12-4-7(14)9(16)5-10(12)17/h1-5,18H,17H2. The zero-order valence-electron chi connectivity index (χ0n) is 8.98. The number of hydrogen-bond donors (Lipinski definition) is 2. The van der Waals surface area contributed by atoms with Crippen LogP contribution in [0.4, 0.5) is 21.5 Å². The van der Waals surface area contributed by atoms with Crippen LogP contribution in [0.1, 0.15) is 0 Å². The predicted molar refractivity (Wildman–Crippen MR) is 78.3 cm³/mol. The maximum absolute atomic E-state index is 13.2. The van der Waals surface area contributed by atoms with Gasteiger partial charge in [-0.15, -0.1) is 0 Å². The van der Waals surface area contributed by atoms with E-state index in [0.29, 0.717) is 16.4 Å². The molecule has 2 aromatic rings. The molecule has 0 aliphatic carbocycles. The van der Waals surface area contributed by atoms with E-state index in [1.54, 1.807) is 12.1 Å². The molecule has 0 saturated carbocycles. The molecule has 6 heteroatoms. The predicted octanol–water partition coefficient (Wildman–Crippen LogP) is 5.22. The molecular formula is C12H8BrCl2FN2. The van der Waals surface area contributed by atoms with Crippen molar-refractivity contribution in [2.75, 3.05) is 11.1 Å². The van der Waals surface area contributed by atoms with Gasteiger partial charge in [0.2, 0.25) is 0 Å². The average Bonchev–Trinajstić information content (AvgIpc) is 2.29. The second-order valence-corrected chi connectivity index (χ2v) is 5.33. The molecule has 0 bridgehead atoms. The summed E-state index contributed by atoms with van der Waals surface area (Å²) in [6.45, 7) is 0. The second-order valence-electron chi connectivity index (χ2n) is 3.60. The van der Waals surface area contributed by atoms with Gasteiger partial charge in [-0.25, -0.2) is 4.39 Å². The minimum atomic E-state index is -0.554. The zero-order chi connectivity index (χ0) is 13.3. The molecular weight excluding hydrogens is 342 g/mol. The van der Waals surface area contributed by atoms with Gasteiger partial charge in [0.1, 0.15) is 5.82 Å². The van der Waals surface area contributed by atoms with Crippen LogP contribution in [0.3, 0.4) is 0 Å². The van der Waals surface area contributed by atoms with Gasteiger partial charge < -0.3 is 11.1 Å². The lowest BCUT2D eigenvalue weighted by Gasteiger charge is -2.12. The highest BCUT2D eigenvalue weighted by Gasteiger charge is 2.08. The molecule has 0 saturated heterocycles. The average molecular weight is 350 g/mol. The van der Waals surface area contributed by atoms with Gasteiger partial charge in [-0.1, -0.05) is 39.1 Å². The van der Waals surface area contributed by atoms with Crippen molar-refractivity contribution in [1.82, 2.24) is 0 Å². The van der Waals surface area contributed by atoms with E-state index in [1.807, 2.05) is 6.07 Å². The lowest BCUT2D eigenvalue weighted by molar-refractivity contribution is 0.629. The lowest BCUT2D eigenvalue weighted by atomic mass is 10.2. The highest BCUT2D eigenvalue weighted by Crippen LogP contribution is 2.32. The van der Waals surface area contributed by atoms with Gasteiger partial charge in [-0.05, 0) is 24.3 Å². The monoisotopic (exact) mass is 348 g/mol. The Labute approximate surface area is 122 Å². The van der Waals surface area contributed by atoms with Gasteiger partial charge in [0.15, 0.2) is 0 Å². The van der Waals surface area contributed by atoms with E-state index in [9.17, 15) is 4.39 Å². The molecule has 0 aliphatic heterocycles. The Hall–Kier alpha value is -0.970. The summed E-state index contributed by atoms with van der Waals surface area (Å²) in [7, 11) is 0. The van der Waals surface area contributed by atoms with Crippen molar-refractivity contribution in [3.8, 4) is 0 Å². The third-order valence-electron chi connectivity index (χ3n) is 2.29. The first-order valence-corrected chi connectivity index (χ1v) is 6.49. The van der Waals surface area contributed by atoms with Gasteiger partial charge >= 0.3 is 0 Å². The van der Waals surface area contributed by atoms with Crippen LogP contribution >= 0.6 is 39.1 Å². The molecule has 94 valence electrons. The third-order valence-corrected chi connectivity index (χ3v) is 3.39. The summed E-state index contributed by atoms with van der Waals surface area (Å²) in [6, 6.07) is 7.94. The first kappa shape index (κ1) is 13.5. The molecule has 0 amide bonds. The van der Waals surface area contributed by atoms with Gasteiger partial charge in [0.25, 0.3) is 0 Å². The summed E-state index contributed by atoms with van der Waals surface area (Å²) < 4.78 is 14.0. The maximum Gasteiger partial charge on any atom is 0.143 e. The summed E-state index contributed by atoms with van der Waals surface area (Å²) in [5, 5.41) is 3.52. The topological polar surface area (TPSA) is 38.0 Å². The first-order chi connectivity index (χ1) is 8.47. The van der Waals surface area contributed by atoms with Crippen molar-refractivity contribution in [3.05, 3.63) is 50.7 Å². The van der Waals surface area contributed by atoms with Crippen molar-refractivity contribution in [2.24, 2.45) is 0 Å². The number of nitrogen functional groups attached to an aromatic ring is 1. The Kier molecular flexibility index (Phi) is 4.00. The smallest absolute Gasteiger partial charge is 0.143 e. The van der Waals surface area contributed by atoms with Crippen LogP contribution < -0.4 is 11.1 Å². The van der Waals surface area contributed by atoms with Gasteiger partial charge in [0.05, 0.1) is 27.1 Å². The van der Waals surface area contributed by atoms with Crippen LogP contribution in [-0.2, 0) is 0 Å². The molecule has 18 heavy (non-hydrogen) atoms. The highest BCUT2D eigenvalue weighted by molar-refractivity contribution is 9.10. The van der Waals surface area contributed by atoms with E-state index in [4.69, 9.17) is 28.9 Å². The molecule has 0 heterocycles. The molecule has 0 atom stereocenters. The number of rotatable bonds is 2. The molecule has 0 spiro atoms. The van der Waals surface area contributed by atoms with Crippen LogP contribution in [0.25, 0.3) is 0 Å². The Bertz CT molecular complexity index is 605. The Morgan fingerprint density at radius 1 is 1.06 bits per heavy atom. The van der Waals surface area contributed by atoms with E-state index >= 15 is 0 Å². The Morgan fingerprint density at radius 3 is 2.44 bits per heavy atom. The van der Waals surface area contributed by atoms with Crippen LogP contribution in [0.2, 0.25) is 10.0 Å². The van der Waals surface area contributed by atoms with Crippen LogP contribution in [0, 0.1) is 5.82 Å². The van der Waals surface area contributed by atoms with Crippen molar-refractivity contribution < 1.29 is 4.39 Å². The largest absolute Gasteiger partial charge is 0.397 e. The number of halogens is 4. The molecule has 0 aromatic heterocycles. The van der Waals surface area contributed by atoms with E-state index in [0.717, 1.165) is 10.5 Å². The highest BCUT2D eigenvalue weighted by atomic mass is 79.9. The number of hydrogen-bond acceptors (Lipinski definition) is 2. The van der Waals surface area contributed by atoms with E-state index in [1.165, 1.54) is 6.07 Å². The van der Waals surface area contributed by atoms with Crippen LogP contribution in [0.5, 0.6) is 0 Å². The molecule has 2 rings (SSSR count). The van der Waals surface area contributed by atoms with Gasteiger partial charge in [0, 0.05) is 10.5 Å². The molecule has 3 N–H and O–H groups in total. The van der Waals surface area contributed by atoms with E-state index < -0.39 is 5.82 Å². The van der Waals surface area contributed by atoms with Crippen molar-refractivity contribution >= 4 is 56.2 Å². The summed E-state index contributed by atoms with van der Waals surface area (Å²) in [4.78, 5) is 0. The second kappa shape index (κ2) is 5.34. The van der Waals surface area contributed by atoms with Crippen LogP contribution in [0.15, 0.2) is 34.8 Å². The summed E-state index contributed by atoms with van der Waals surface area (Å²) in [5.74, 6) is -0.554. The zero-order valence-corrected chi connectivity index (χ0v) is 12.1. The lowest BCUT2D eigenvalue weighted by Crippen LogP contribution is -1.98. The van der Waals surface area contributed by atoms with E-state index in [-0.39, 0.29) is 10.7 Å². The molecule has 0 fully saturated rings. The maximum atomic E-state index is 13.2. The summed E-state index contributed by atoms with van der Waals surface area (Å²) >= 11 is 15.1. The SMILES string of the molecule is Nc1cc(F)c(Cl)cc1Nc1ccc(Br)cc1Cl. The Balaban J connectivity index is 2.37. The minimum absolute atomic E-state index is 0.0000610. The molecule has 0 radical (unpaired) electrons. The number of nitrogens with one attached hydrogen (secondary N) is 1. The molecule has 2 aromatic carbocycles. The minimum Gasteiger partial charge on any atom is -0.397 e. The fourth-order valence-corrected chi connectivity index (χ4v) is 2.29. The molecule has 0 aliphatic rings. The Morgan fingerprint density at radius 2 is 1.78 bits per heavy atom. The number of benzene rings is 2.